The van der Waals surface area contributed by atoms with Gasteiger partial charge in [0.15, 0.2) is 0 Å². The van der Waals surface area contributed by atoms with Crippen LogP contribution in [0.5, 0.6) is 0 Å². The molecular weight excluding hydrogens is 511 g/mol. The van der Waals surface area contributed by atoms with E-state index in [-0.39, 0.29) is 152 Å². The van der Waals surface area contributed by atoms with Crippen LogP contribution in [-0.4, -0.2) is 16.4 Å². The molecule has 0 rings (SSSR count). The van der Waals surface area contributed by atoms with Crippen molar-refractivity contribution in [2.75, 3.05) is 0 Å². The van der Waals surface area contributed by atoms with Crippen molar-refractivity contribution in [2.45, 2.75) is 0 Å². The van der Waals surface area contributed by atoms with Crippen LogP contribution in [0, 0.1) is 83.5 Å². The Labute approximate surface area is 148 Å². The van der Waals surface area contributed by atoms with Crippen molar-refractivity contribution in [3.8, 4) is 0 Å². The number of hydrogen-bond donors (Lipinski definition) is 0. The van der Waals surface area contributed by atoms with Crippen molar-refractivity contribution in [2.24, 2.45) is 0 Å². The molecule has 6 N–H and O–H groups in total. The van der Waals surface area contributed by atoms with Gasteiger partial charge in [-0.25, -0.2) is 0 Å². The molecule has 0 radical (unpaired) electrons. The first kappa shape index (κ1) is 63.7. The summed E-state index contributed by atoms with van der Waals surface area (Å²) in [7, 11) is 0. The van der Waals surface area contributed by atoms with Gasteiger partial charge < -0.3 is 16.4 Å². The molecule has 0 spiro atoms. The Hall–Kier alpha value is 4.40. The molecule has 0 saturated heterocycles. The molecule has 0 aromatic heterocycles. The molecule has 0 aliphatic carbocycles. The Morgan fingerprint density at radius 1 is 0.429 bits per heavy atom. The molecule has 0 fully saturated rings. The molecule has 0 unspecified atom stereocenters. The van der Waals surface area contributed by atoms with Crippen molar-refractivity contribution in [1.82, 2.24) is 0 Å². The minimum absolute atomic E-state index is 0. The van der Waals surface area contributed by atoms with Gasteiger partial charge in [0.2, 0.25) is 0 Å². The molecular formula is H6Ce2O3Zr2. The molecule has 0 aliphatic heterocycles. The van der Waals surface area contributed by atoms with E-state index in [4.69, 9.17) is 0 Å². The monoisotopic (exact) mass is 514 g/mol. The molecule has 0 aromatic carbocycles. The van der Waals surface area contributed by atoms with Crippen LogP contribution in [0.25, 0.3) is 0 Å². The van der Waals surface area contributed by atoms with Gasteiger partial charge in [-0.15, -0.1) is 0 Å². The predicted octanol–water partition coefficient (Wildman–Crippen LogP) is -2.48. The Balaban J connectivity index is 0. The summed E-state index contributed by atoms with van der Waals surface area (Å²) in [6.07, 6.45) is 0. The Kier molecular flexibility index (Phi) is 432. The van der Waals surface area contributed by atoms with Gasteiger partial charge in [-0.05, 0) is 0 Å². The van der Waals surface area contributed by atoms with Gasteiger partial charge in [-0.3, -0.25) is 0 Å². The number of hydrogen-bond acceptors (Lipinski definition) is 0. The van der Waals surface area contributed by atoms with E-state index in [1.54, 1.807) is 0 Å². The van der Waals surface area contributed by atoms with Gasteiger partial charge >= 0.3 is 0 Å². The van der Waals surface area contributed by atoms with E-state index in [1.165, 1.54) is 0 Å². The van der Waals surface area contributed by atoms with Crippen molar-refractivity contribution < 1.29 is 152 Å². The van der Waals surface area contributed by atoms with E-state index in [0.29, 0.717) is 0 Å². The van der Waals surface area contributed by atoms with Crippen LogP contribution in [0.1, 0.15) is 0 Å². The molecule has 0 aliphatic rings. The normalized spacial score (nSPS) is 0. The average Bonchev–Trinajstić information content (AvgIpc) is 0. The summed E-state index contributed by atoms with van der Waals surface area (Å²) < 4.78 is 0. The summed E-state index contributed by atoms with van der Waals surface area (Å²) in [6, 6.07) is 0. The third-order valence-electron chi connectivity index (χ3n) is 0. The van der Waals surface area contributed by atoms with E-state index < -0.39 is 0 Å². The topological polar surface area (TPSA) is 94.5 Å². The minimum Gasteiger partial charge on any atom is -0.412 e. The Morgan fingerprint density at radius 2 is 0.429 bits per heavy atom. The van der Waals surface area contributed by atoms with Gasteiger partial charge in [-0.1, -0.05) is 0 Å². The van der Waals surface area contributed by atoms with E-state index in [9.17, 15) is 0 Å². The Morgan fingerprint density at radius 3 is 0.429 bits per heavy atom. The smallest absolute Gasteiger partial charge is 0 e. The van der Waals surface area contributed by atoms with Gasteiger partial charge in [0.1, 0.15) is 0 Å². The minimum atomic E-state index is 0. The standard InChI is InChI=1S/2Ce.3H2O.2Zr/h;;3*1H2;;. The van der Waals surface area contributed by atoms with Crippen LogP contribution >= 0.6 is 0 Å². The molecule has 3 nitrogen and oxygen atoms in total. The van der Waals surface area contributed by atoms with Crippen molar-refractivity contribution in [1.29, 1.82) is 0 Å². The van der Waals surface area contributed by atoms with Crippen LogP contribution in [-0.2, 0) is 52.4 Å². The SMILES string of the molecule is O.O.O.[Ce].[Ce].[Zr].[Zr]. The molecule has 40 valence electrons. The van der Waals surface area contributed by atoms with Crippen molar-refractivity contribution in [3.05, 3.63) is 0 Å². The zero-order valence-corrected chi connectivity index (χ0v) is 14.7. The molecule has 0 bridgehead atoms. The fourth-order valence-electron chi connectivity index (χ4n) is 0. The van der Waals surface area contributed by atoms with E-state index >= 15 is 0 Å². The molecule has 7 heavy (non-hydrogen) atoms. The van der Waals surface area contributed by atoms with E-state index in [2.05, 4.69) is 0 Å². The average molecular weight is 517 g/mol. The molecule has 0 amide bonds. The second-order valence-corrected chi connectivity index (χ2v) is 0. The predicted molar refractivity (Wildman–Crippen MR) is 10.8 cm³/mol. The van der Waals surface area contributed by atoms with Crippen molar-refractivity contribution in [3.63, 3.8) is 0 Å². The largest absolute Gasteiger partial charge is 0.412 e. The van der Waals surface area contributed by atoms with Gasteiger partial charge in [0.25, 0.3) is 0 Å². The molecule has 0 atom stereocenters. The second-order valence-electron chi connectivity index (χ2n) is 0. The summed E-state index contributed by atoms with van der Waals surface area (Å²) in [5, 5.41) is 0. The first-order valence-electron chi connectivity index (χ1n) is 0. The summed E-state index contributed by atoms with van der Waals surface area (Å²) in [4.78, 5) is 0. The zero-order chi connectivity index (χ0) is 0. The van der Waals surface area contributed by atoms with Crippen molar-refractivity contribution >= 4 is 0 Å². The molecule has 0 aromatic rings. The van der Waals surface area contributed by atoms with Gasteiger partial charge in [0.05, 0.1) is 0 Å². The first-order chi connectivity index (χ1) is 0. The molecule has 0 heterocycles. The van der Waals surface area contributed by atoms with Crippen LogP contribution < -0.4 is 0 Å². The fourth-order valence-corrected chi connectivity index (χ4v) is 0. The second kappa shape index (κ2) is 47.5. The summed E-state index contributed by atoms with van der Waals surface area (Å²) in [5.74, 6) is 0. The van der Waals surface area contributed by atoms with Crippen LogP contribution in [0.2, 0.25) is 0 Å². The van der Waals surface area contributed by atoms with E-state index in [0.717, 1.165) is 0 Å². The van der Waals surface area contributed by atoms with Crippen LogP contribution in [0.15, 0.2) is 0 Å². The maximum absolute atomic E-state index is 0. The summed E-state index contributed by atoms with van der Waals surface area (Å²) in [6.45, 7) is 0. The first-order valence-corrected chi connectivity index (χ1v) is 0. The van der Waals surface area contributed by atoms with Crippen LogP contribution in [0.4, 0.5) is 0 Å². The molecule has 7 heteroatoms. The summed E-state index contributed by atoms with van der Waals surface area (Å²) >= 11 is 0. The van der Waals surface area contributed by atoms with Gasteiger partial charge in [-0.2, -0.15) is 0 Å². The maximum atomic E-state index is 0. The van der Waals surface area contributed by atoms with E-state index in [1.807, 2.05) is 0 Å². The fraction of sp³-hybridized carbons (Fsp3) is 0. The molecule has 0 saturated carbocycles. The zero-order valence-electron chi connectivity index (χ0n) is 3.50. The maximum Gasteiger partial charge on any atom is 0 e. The quantitative estimate of drug-likeness (QED) is 0.341. The third kappa shape index (κ3) is 37.9. The Bertz CT molecular complexity index is 10.9. The third-order valence-corrected chi connectivity index (χ3v) is 0. The van der Waals surface area contributed by atoms with Crippen LogP contribution in [0.3, 0.4) is 0 Å². The summed E-state index contributed by atoms with van der Waals surface area (Å²) in [5.41, 5.74) is 0. The van der Waals surface area contributed by atoms with Gasteiger partial charge in [0, 0.05) is 136 Å². The number of rotatable bonds is 0.